The number of carbonyl (C=O) groups is 2. The summed E-state index contributed by atoms with van der Waals surface area (Å²) in [6, 6.07) is -0.346. The monoisotopic (exact) mass is 320 g/mol. The lowest BCUT2D eigenvalue weighted by Gasteiger charge is -2.32. The van der Waals surface area contributed by atoms with Crippen molar-refractivity contribution in [1.29, 1.82) is 0 Å². The number of nitrogens with two attached hydrogens (primary N) is 1. The van der Waals surface area contributed by atoms with Gasteiger partial charge in [0.05, 0.1) is 0 Å². The summed E-state index contributed by atoms with van der Waals surface area (Å²) in [6.07, 6.45) is 0.945. The van der Waals surface area contributed by atoms with Crippen molar-refractivity contribution in [3.05, 3.63) is 17.0 Å². The molecule has 1 aromatic rings. The molecule has 1 fully saturated rings. The molecule has 1 saturated heterocycles. The van der Waals surface area contributed by atoms with Gasteiger partial charge in [-0.3, -0.25) is 9.59 Å². The van der Waals surface area contributed by atoms with E-state index in [4.69, 9.17) is 5.73 Å². The van der Waals surface area contributed by atoms with E-state index in [0.29, 0.717) is 32.5 Å². The third-order valence-electron chi connectivity index (χ3n) is 4.12. The minimum Gasteiger partial charge on any atom is -0.368 e. The van der Waals surface area contributed by atoms with E-state index in [1.807, 2.05) is 13.8 Å². The summed E-state index contributed by atoms with van der Waals surface area (Å²) in [5.41, 5.74) is 8.20. The number of nitrogens with zero attached hydrogens (tertiary/aromatic N) is 3. The van der Waals surface area contributed by atoms with E-state index in [1.165, 1.54) is 0 Å². The summed E-state index contributed by atoms with van der Waals surface area (Å²) in [7, 11) is 1.59. The maximum absolute atomic E-state index is 12.4. The highest BCUT2D eigenvalue weighted by Gasteiger charge is 2.27. The second-order valence-electron chi connectivity index (χ2n) is 5.69. The van der Waals surface area contributed by atoms with Gasteiger partial charge >= 0.3 is 0 Å². The number of hydrogen-bond acceptors (Lipinski definition) is 6. The van der Waals surface area contributed by atoms with Crippen LogP contribution in [0.25, 0.3) is 0 Å². The first-order chi connectivity index (χ1) is 10.9. The molecule has 4 N–H and O–H groups in total. The Hall–Kier alpha value is -2.22. The number of likely N-dealkylation sites (N-methyl/N-ethyl adjacent to an activating group) is 1. The van der Waals surface area contributed by atoms with Gasteiger partial charge in [0.25, 0.3) is 0 Å². The molecular weight excluding hydrogens is 296 g/mol. The van der Waals surface area contributed by atoms with Gasteiger partial charge in [0.1, 0.15) is 6.04 Å². The van der Waals surface area contributed by atoms with Crippen LogP contribution in [0.5, 0.6) is 0 Å². The fourth-order valence-electron chi connectivity index (χ4n) is 2.84. The molecule has 8 heteroatoms. The van der Waals surface area contributed by atoms with Gasteiger partial charge in [-0.2, -0.15) is 0 Å². The number of aromatic nitrogens is 2. The number of amides is 2. The zero-order valence-corrected chi connectivity index (χ0v) is 13.8. The van der Waals surface area contributed by atoms with Crippen LogP contribution in [-0.2, 0) is 16.0 Å². The maximum atomic E-state index is 12.4. The Kier molecular flexibility index (Phi) is 5.49. The van der Waals surface area contributed by atoms with E-state index in [2.05, 4.69) is 20.6 Å². The van der Waals surface area contributed by atoms with Crippen LogP contribution in [-0.4, -0.2) is 59.4 Å². The standard InChI is InChI=1S/C15H24N6O2/c1-9-11(10(2)20-15(16)19-9)4-5-13(22)21-7-6-18-12(8-21)14(23)17-3/h12,18H,4-8H2,1-3H3,(H,17,23)(H2,16,19,20)/t12-/m0/s1. The van der Waals surface area contributed by atoms with Crippen LogP contribution < -0.4 is 16.4 Å². The molecule has 2 rings (SSSR count). The molecule has 2 amide bonds. The van der Waals surface area contributed by atoms with Crippen LogP contribution in [0.3, 0.4) is 0 Å². The number of nitrogen functional groups attached to an aromatic ring is 1. The van der Waals surface area contributed by atoms with Crippen molar-refractivity contribution in [1.82, 2.24) is 25.5 Å². The molecular formula is C15H24N6O2. The predicted octanol–water partition coefficient (Wildman–Crippen LogP) is -0.845. The zero-order chi connectivity index (χ0) is 17.0. The van der Waals surface area contributed by atoms with E-state index in [-0.39, 0.29) is 23.8 Å². The van der Waals surface area contributed by atoms with E-state index >= 15 is 0 Å². The molecule has 0 unspecified atom stereocenters. The van der Waals surface area contributed by atoms with E-state index in [0.717, 1.165) is 17.0 Å². The smallest absolute Gasteiger partial charge is 0.238 e. The van der Waals surface area contributed by atoms with Crippen molar-refractivity contribution < 1.29 is 9.59 Å². The van der Waals surface area contributed by atoms with E-state index < -0.39 is 0 Å². The first-order valence-corrected chi connectivity index (χ1v) is 7.74. The largest absolute Gasteiger partial charge is 0.368 e. The van der Waals surface area contributed by atoms with Crippen molar-refractivity contribution >= 4 is 17.8 Å². The van der Waals surface area contributed by atoms with Crippen LogP contribution in [0.2, 0.25) is 0 Å². The normalized spacial score (nSPS) is 17.9. The average Bonchev–Trinajstić information content (AvgIpc) is 2.53. The molecule has 1 aromatic heterocycles. The maximum Gasteiger partial charge on any atom is 0.238 e. The predicted molar refractivity (Wildman–Crippen MR) is 86.7 cm³/mol. The first kappa shape index (κ1) is 17.1. The highest BCUT2D eigenvalue weighted by Crippen LogP contribution is 2.14. The Balaban J connectivity index is 1.96. The fraction of sp³-hybridized carbons (Fsp3) is 0.600. The van der Waals surface area contributed by atoms with Crippen molar-refractivity contribution in [2.24, 2.45) is 0 Å². The Morgan fingerprint density at radius 3 is 2.61 bits per heavy atom. The summed E-state index contributed by atoms with van der Waals surface area (Å²) in [5.74, 6) is 0.197. The lowest BCUT2D eigenvalue weighted by atomic mass is 10.1. The lowest BCUT2D eigenvalue weighted by molar-refractivity contribution is -0.134. The van der Waals surface area contributed by atoms with Gasteiger partial charge in [-0.1, -0.05) is 0 Å². The molecule has 1 aliphatic rings. The van der Waals surface area contributed by atoms with Crippen molar-refractivity contribution in [2.75, 3.05) is 32.4 Å². The summed E-state index contributed by atoms with van der Waals surface area (Å²) in [4.78, 5) is 34.1. The van der Waals surface area contributed by atoms with Crippen LogP contribution in [0, 0.1) is 13.8 Å². The van der Waals surface area contributed by atoms with Gasteiger partial charge in [-0.25, -0.2) is 9.97 Å². The second-order valence-corrected chi connectivity index (χ2v) is 5.69. The van der Waals surface area contributed by atoms with Gasteiger partial charge in [-0.05, 0) is 25.8 Å². The summed E-state index contributed by atoms with van der Waals surface area (Å²) in [5, 5.41) is 5.72. The summed E-state index contributed by atoms with van der Waals surface area (Å²) in [6.45, 7) is 5.37. The average molecular weight is 320 g/mol. The molecule has 23 heavy (non-hydrogen) atoms. The first-order valence-electron chi connectivity index (χ1n) is 7.74. The Morgan fingerprint density at radius 2 is 2.00 bits per heavy atom. The van der Waals surface area contributed by atoms with Crippen LogP contribution >= 0.6 is 0 Å². The molecule has 8 nitrogen and oxygen atoms in total. The SMILES string of the molecule is CNC(=O)[C@@H]1CN(C(=O)CCc2c(C)nc(N)nc2C)CCN1. The minimum absolute atomic E-state index is 0.0380. The summed E-state index contributed by atoms with van der Waals surface area (Å²) < 4.78 is 0. The number of piperazine rings is 1. The number of nitrogens with one attached hydrogen (secondary N) is 2. The second kappa shape index (κ2) is 7.36. The van der Waals surface area contributed by atoms with E-state index in [1.54, 1.807) is 11.9 Å². The van der Waals surface area contributed by atoms with Crippen molar-refractivity contribution in [3.63, 3.8) is 0 Å². The molecule has 1 aliphatic heterocycles. The molecule has 0 aliphatic carbocycles. The fourth-order valence-corrected chi connectivity index (χ4v) is 2.84. The molecule has 2 heterocycles. The van der Waals surface area contributed by atoms with Crippen LogP contribution in [0.4, 0.5) is 5.95 Å². The molecule has 1 atom stereocenters. The number of anilines is 1. The van der Waals surface area contributed by atoms with Crippen molar-refractivity contribution in [2.45, 2.75) is 32.7 Å². The highest BCUT2D eigenvalue weighted by molar-refractivity contribution is 5.83. The third-order valence-corrected chi connectivity index (χ3v) is 4.12. The molecule has 0 spiro atoms. The number of rotatable bonds is 4. The zero-order valence-electron chi connectivity index (χ0n) is 13.8. The Labute approximate surface area is 135 Å². The Morgan fingerprint density at radius 1 is 1.35 bits per heavy atom. The molecule has 0 radical (unpaired) electrons. The van der Waals surface area contributed by atoms with E-state index in [9.17, 15) is 9.59 Å². The number of hydrogen-bond donors (Lipinski definition) is 3. The highest BCUT2D eigenvalue weighted by atomic mass is 16.2. The van der Waals surface area contributed by atoms with Gasteiger partial charge in [-0.15, -0.1) is 0 Å². The number of aryl methyl sites for hydroxylation is 2. The third kappa shape index (κ3) is 4.16. The quantitative estimate of drug-likeness (QED) is 0.666. The van der Waals surface area contributed by atoms with Crippen LogP contribution in [0.1, 0.15) is 23.4 Å². The molecule has 0 saturated carbocycles. The number of carbonyl (C=O) groups excluding carboxylic acids is 2. The molecule has 0 bridgehead atoms. The van der Waals surface area contributed by atoms with Gasteiger partial charge in [0.15, 0.2) is 0 Å². The topological polar surface area (TPSA) is 113 Å². The van der Waals surface area contributed by atoms with Gasteiger partial charge in [0, 0.05) is 44.5 Å². The van der Waals surface area contributed by atoms with Gasteiger partial charge in [0.2, 0.25) is 17.8 Å². The van der Waals surface area contributed by atoms with Gasteiger partial charge < -0.3 is 21.3 Å². The minimum atomic E-state index is -0.346. The van der Waals surface area contributed by atoms with Crippen LogP contribution in [0.15, 0.2) is 0 Å². The lowest BCUT2D eigenvalue weighted by Crippen LogP contribution is -2.57. The van der Waals surface area contributed by atoms with Crippen molar-refractivity contribution in [3.8, 4) is 0 Å². The Bertz CT molecular complexity index is 581. The summed E-state index contributed by atoms with van der Waals surface area (Å²) >= 11 is 0. The molecule has 0 aromatic carbocycles. The molecule has 126 valence electrons.